The van der Waals surface area contributed by atoms with E-state index in [1.807, 2.05) is 0 Å². The van der Waals surface area contributed by atoms with Crippen molar-refractivity contribution in [2.24, 2.45) is 0 Å². The van der Waals surface area contributed by atoms with Crippen LogP contribution in [-0.4, -0.2) is 53.4 Å². The molecule has 29 heavy (non-hydrogen) atoms. The predicted molar refractivity (Wildman–Crippen MR) is 110 cm³/mol. The van der Waals surface area contributed by atoms with Crippen LogP contribution < -0.4 is 10.1 Å². The summed E-state index contributed by atoms with van der Waals surface area (Å²) in [6, 6.07) is 5.17. The zero-order valence-corrected chi connectivity index (χ0v) is 17.7. The quantitative estimate of drug-likeness (QED) is 0.781. The van der Waals surface area contributed by atoms with Gasteiger partial charge in [-0.05, 0) is 31.5 Å². The first-order chi connectivity index (χ1) is 14.1. The summed E-state index contributed by atoms with van der Waals surface area (Å²) in [5, 5.41) is 8.45. The van der Waals surface area contributed by atoms with Gasteiger partial charge in [-0.25, -0.2) is 0 Å². The number of methoxy groups -OCH3 is 1. The number of nitrogens with zero attached hydrogens (tertiary/aromatic N) is 3. The number of ether oxygens (including phenoxy) is 2. The van der Waals surface area contributed by atoms with Gasteiger partial charge in [-0.2, -0.15) is 5.10 Å². The third kappa shape index (κ3) is 4.27. The first-order valence-electron chi connectivity index (χ1n) is 10.1. The zero-order chi connectivity index (χ0) is 20.4. The number of aromatic nitrogens is 2. The number of likely N-dealkylation sites (tertiary alicyclic amines) is 1. The number of hydrogen-bond donors (Lipinski definition) is 1. The van der Waals surface area contributed by atoms with E-state index < -0.39 is 0 Å². The first kappa shape index (κ1) is 20.2. The number of nitrogens with one attached hydrogen (secondary N) is 1. The van der Waals surface area contributed by atoms with E-state index in [2.05, 4.69) is 21.8 Å². The largest absolute Gasteiger partial charge is 0.496 e. The van der Waals surface area contributed by atoms with Gasteiger partial charge in [0.05, 0.1) is 31.6 Å². The van der Waals surface area contributed by atoms with Crippen LogP contribution in [0.2, 0.25) is 5.02 Å². The minimum Gasteiger partial charge on any atom is -0.496 e. The third-order valence-corrected chi connectivity index (χ3v) is 5.90. The van der Waals surface area contributed by atoms with Crippen LogP contribution in [0, 0.1) is 0 Å². The Morgan fingerprint density at radius 1 is 1.45 bits per heavy atom. The molecule has 0 spiro atoms. The summed E-state index contributed by atoms with van der Waals surface area (Å²) in [6.07, 6.45) is 1.83. The Kier molecular flexibility index (Phi) is 6.08. The second-order valence-corrected chi connectivity index (χ2v) is 7.97. The van der Waals surface area contributed by atoms with Gasteiger partial charge >= 0.3 is 0 Å². The van der Waals surface area contributed by atoms with E-state index in [1.165, 1.54) is 11.3 Å². The number of halogens is 1. The summed E-state index contributed by atoms with van der Waals surface area (Å²) >= 11 is 6.06. The molecular formula is C21H27ClN4O3. The van der Waals surface area contributed by atoms with Gasteiger partial charge in [0.25, 0.3) is 5.91 Å². The lowest BCUT2D eigenvalue weighted by molar-refractivity contribution is 0.0934. The van der Waals surface area contributed by atoms with Gasteiger partial charge in [-0.1, -0.05) is 11.6 Å². The minimum absolute atomic E-state index is 0.0894. The smallest absolute Gasteiger partial charge is 0.255 e. The molecule has 7 nitrogen and oxygen atoms in total. The number of rotatable bonds is 6. The van der Waals surface area contributed by atoms with Gasteiger partial charge in [-0.15, -0.1) is 0 Å². The highest BCUT2D eigenvalue weighted by molar-refractivity contribution is 6.31. The number of carbonyl (C=O) groups is 1. The second kappa shape index (κ2) is 8.73. The molecule has 1 amide bonds. The van der Waals surface area contributed by atoms with Crippen LogP contribution in [0.4, 0.5) is 0 Å². The van der Waals surface area contributed by atoms with Crippen LogP contribution in [0.25, 0.3) is 0 Å². The van der Waals surface area contributed by atoms with E-state index in [0.29, 0.717) is 22.9 Å². The molecule has 2 aliphatic rings. The van der Waals surface area contributed by atoms with E-state index >= 15 is 0 Å². The predicted octanol–water partition coefficient (Wildman–Crippen LogP) is 2.64. The molecule has 2 aliphatic heterocycles. The molecule has 156 valence electrons. The van der Waals surface area contributed by atoms with Crippen molar-refractivity contribution in [2.75, 3.05) is 26.8 Å². The molecule has 4 rings (SSSR count). The molecule has 0 saturated carbocycles. The number of carbonyl (C=O) groups excluding carboxylic acids is 1. The molecule has 1 unspecified atom stereocenters. The minimum atomic E-state index is -0.155. The molecule has 1 N–H and O–H groups in total. The Balaban J connectivity index is 1.40. The van der Waals surface area contributed by atoms with E-state index in [1.54, 1.807) is 25.3 Å². The number of hydrogen-bond acceptors (Lipinski definition) is 5. The summed E-state index contributed by atoms with van der Waals surface area (Å²) < 4.78 is 13.1. The molecule has 1 aromatic carbocycles. The Morgan fingerprint density at radius 3 is 3.10 bits per heavy atom. The van der Waals surface area contributed by atoms with Gasteiger partial charge in [0.1, 0.15) is 5.75 Å². The summed E-state index contributed by atoms with van der Waals surface area (Å²) in [7, 11) is 1.55. The topological polar surface area (TPSA) is 68.6 Å². The molecule has 1 fully saturated rings. The fraction of sp³-hybridized carbons (Fsp3) is 0.524. The van der Waals surface area contributed by atoms with Crippen molar-refractivity contribution in [1.82, 2.24) is 20.0 Å². The van der Waals surface area contributed by atoms with Gasteiger partial charge in [0.2, 0.25) is 0 Å². The van der Waals surface area contributed by atoms with Crippen LogP contribution in [0.1, 0.15) is 40.7 Å². The van der Waals surface area contributed by atoms with Gasteiger partial charge < -0.3 is 14.8 Å². The van der Waals surface area contributed by atoms with Crippen LogP contribution in [0.5, 0.6) is 5.75 Å². The maximum atomic E-state index is 12.7. The first-order valence-corrected chi connectivity index (χ1v) is 10.5. The van der Waals surface area contributed by atoms with E-state index in [-0.39, 0.29) is 11.9 Å². The van der Waals surface area contributed by atoms with Crippen LogP contribution in [0.15, 0.2) is 18.2 Å². The molecule has 2 aromatic rings. The molecule has 1 aromatic heterocycles. The summed E-state index contributed by atoms with van der Waals surface area (Å²) in [4.78, 5) is 15.1. The second-order valence-electron chi connectivity index (χ2n) is 7.53. The van der Waals surface area contributed by atoms with E-state index in [9.17, 15) is 4.79 Å². The number of fused-ring (bicyclic) bond motifs is 1. The summed E-state index contributed by atoms with van der Waals surface area (Å²) in [6.45, 7) is 6.91. The van der Waals surface area contributed by atoms with Gasteiger partial charge in [0.15, 0.2) is 0 Å². The van der Waals surface area contributed by atoms with Crippen molar-refractivity contribution in [2.45, 2.75) is 45.5 Å². The van der Waals surface area contributed by atoms with Crippen LogP contribution in [-0.2, 0) is 30.9 Å². The fourth-order valence-corrected chi connectivity index (χ4v) is 4.37. The molecule has 0 aliphatic carbocycles. The number of aryl methyl sites for hydroxylation is 1. The van der Waals surface area contributed by atoms with Crippen molar-refractivity contribution < 1.29 is 14.3 Å². The highest BCUT2D eigenvalue weighted by Crippen LogP contribution is 2.25. The van der Waals surface area contributed by atoms with Crippen molar-refractivity contribution in [3.05, 3.63) is 45.7 Å². The summed E-state index contributed by atoms with van der Waals surface area (Å²) in [5.74, 6) is 0.371. The van der Waals surface area contributed by atoms with Gasteiger partial charge in [-0.3, -0.25) is 14.4 Å². The van der Waals surface area contributed by atoms with Crippen molar-refractivity contribution >= 4 is 17.5 Å². The Labute approximate surface area is 175 Å². The van der Waals surface area contributed by atoms with Crippen molar-refractivity contribution in [3.8, 4) is 5.75 Å². The highest BCUT2D eigenvalue weighted by Gasteiger charge is 2.28. The lowest BCUT2D eigenvalue weighted by Gasteiger charge is -2.18. The average molecular weight is 419 g/mol. The van der Waals surface area contributed by atoms with Gasteiger partial charge in [0, 0.05) is 54.9 Å². The Bertz CT molecular complexity index is 898. The summed E-state index contributed by atoms with van der Waals surface area (Å²) in [5.41, 5.74) is 4.12. The Morgan fingerprint density at radius 2 is 2.31 bits per heavy atom. The fourth-order valence-electron chi connectivity index (χ4n) is 4.19. The lowest BCUT2D eigenvalue weighted by Crippen LogP contribution is -2.37. The van der Waals surface area contributed by atoms with Crippen molar-refractivity contribution in [1.29, 1.82) is 0 Å². The average Bonchev–Trinajstić information content (AvgIpc) is 3.32. The monoisotopic (exact) mass is 418 g/mol. The molecule has 0 bridgehead atoms. The number of amides is 1. The molecular weight excluding hydrogens is 392 g/mol. The Hall–Kier alpha value is -2.09. The molecule has 1 atom stereocenters. The molecule has 3 heterocycles. The zero-order valence-electron chi connectivity index (χ0n) is 16.9. The standard InChI is InChI=1S/C21H27ClN4O3/c1-3-26-19-7-9-29-13-17(19)18(24-26)12-25-8-6-15(11-25)23-21(27)16-10-14(22)4-5-20(16)28-2/h4-5,10,15H,3,6-9,11-13H2,1-2H3,(H,23,27). The van der Waals surface area contributed by atoms with Crippen LogP contribution >= 0.6 is 11.6 Å². The SMILES string of the molecule is CCn1nc(CN2CCC(NC(=O)c3cc(Cl)ccc3OC)C2)c2c1CCOC2. The highest BCUT2D eigenvalue weighted by atomic mass is 35.5. The van der Waals surface area contributed by atoms with Crippen molar-refractivity contribution in [3.63, 3.8) is 0 Å². The molecule has 0 radical (unpaired) electrons. The lowest BCUT2D eigenvalue weighted by atomic mass is 10.1. The number of benzene rings is 1. The van der Waals surface area contributed by atoms with Crippen LogP contribution in [0.3, 0.4) is 0 Å². The maximum absolute atomic E-state index is 12.7. The molecule has 1 saturated heterocycles. The third-order valence-electron chi connectivity index (χ3n) is 5.67. The molecule has 8 heteroatoms. The normalized spacial score (nSPS) is 19.2. The maximum Gasteiger partial charge on any atom is 0.255 e. The van der Waals surface area contributed by atoms with E-state index in [4.69, 9.17) is 26.2 Å². The van der Waals surface area contributed by atoms with E-state index in [0.717, 1.165) is 51.3 Å².